The number of benzene rings is 2. The Morgan fingerprint density at radius 3 is 2.13 bits per heavy atom. The number of carboxylic acids is 2. The SMILES string of the molecule is C#Cc1cccc(C(=S)Nc2cc(C(=O)O)cc(C(=O)O)c2)c1. The summed E-state index contributed by atoms with van der Waals surface area (Å²) in [6.07, 6.45) is 5.33. The molecule has 0 unspecified atom stereocenters. The molecule has 0 aromatic heterocycles. The van der Waals surface area contributed by atoms with Gasteiger partial charge in [-0.1, -0.05) is 30.3 Å². The molecule has 0 atom stereocenters. The molecule has 3 N–H and O–H groups in total. The molecule has 0 aliphatic rings. The maximum atomic E-state index is 11.1. The molecule has 0 spiro atoms. The number of terminal acetylenes is 1. The minimum absolute atomic E-state index is 0.146. The molecule has 0 fully saturated rings. The molecule has 0 bridgehead atoms. The molecule has 2 aromatic carbocycles. The van der Waals surface area contributed by atoms with E-state index >= 15 is 0 Å². The van der Waals surface area contributed by atoms with Gasteiger partial charge in [0, 0.05) is 16.8 Å². The van der Waals surface area contributed by atoms with Crippen LogP contribution in [0.4, 0.5) is 5.69 Å². The average Bonchev–Trinajstić information content (AvgIpc) is 2.54. The number of anilines is 1. The third-order valence-corrected chi connectivity index (χ3v) is 3.31. The van der Waals surface area contributed by atoms with Gasteiger partial charge in [-0.25, -0.2) is 9.59 Å². The Morgan fingerprint density at radius 1 is 1.00 bits per heavy atom. The highest BCUT2D eigenvalue weighted by Gasteiger charge is 2.12. The van der Waals surface area contributed by atoms with Gasteiger partial charge in [-0.2, -0.15) is 0 Å². The van der Waals surface area contributed by atoms with Gasteiger partial charge in [0.1, 0.15) is 4.99 Å². The van der Waals surface area contributed by atoms with Gasteiger partial charge < -0.3 is 15.5 Å². The van der Waals surface area contributed by atoms with Crippen LogP contribution in [0.5, 0.6) is 0 Å². The summed E-state index contributed by atoms with van der Waals surface area (Å²) in [5.74, 6) is 0.0402. The molecule has 0 aliphatic heterocycles. The number of carbonyl (C=O) groups is 2. The lowest BCUT2D eigenvalue weighted by Crippen LogP contribution is -2.12. The van der Waals surface area contributed by atoms with E-state index in [2.05, 4.69) is 11.2 Å². The summed E-state index contributed by atoms with van der Waals surface area (Å²) in [7, 11) is 0. The number of aromatic carboxylic acids is 2. The Hall–Kier alpha value is -3.17. The fraction of sp³-hybridized carbons (Fsp3) is 0. The van der Waals surface area contributed by atoms with Crippen molar-refractivity contribution in [3.8, 4) is 12.3 Å². The molecule has 2 aromatic rings. The van der Waals surface area contributed by atoms with Gasteiger partial charge in [-0.05, 0) is 30.3 Å². The van der Waals surface area contributed by atoms with Crippen molar-refractivity contribution in [3.05, 3.63) is 64.7 Å². The second-order valence-corrected chi connectivity index (χ2v) is 5.00. The van der Waals surface area contributed by atoms with Crippen molar-refractivity contribution in [2.75, 3.05) is 5.32 Å². The van der Waals surface area contributed by atoms with E-state index in [-0.39, 0.29) is 16.8 Å². The molecule has 0 radical (unpaired) electrons. The van der Waals surface area contributed by atoms with Crippen LogP contribution in [0.2, 0.25) is 0 Å². The van der Waals surface area contributed by atoms with Crippen LogP contribution in [0, 0.1) is 12.3 Å². The summed E-state index contributed by atoms with van der Waals surface area (Å²) in [4.78, 5) is 22.5. The van der Waals surface area contributed by atoms with Crippen LogP contribution in [0.1, 0.15) is 31.8 Å². The van der Waals surface area contributed by atoms with E-state index < -0.39 is 11.9 Å². The predicted octanol–water partition coefficient (Wildman–Crippen LogP) is 2.85. The summed E-state index contributed by atoms with van der Waals surface area (Å²) in [5.41, 5.74) is 1.28. The third kappa shape index (κ3) is 3.93. The Balaban J connectivity index is 2.35. The first kappa shape index (κ1) is 16.2. The third-order valence-electron chi connectivity index (χ3n) is 2.98. The highest BCUT2D eigenvalue weighted by Crippen LogP contribution is 2.17. The molecule has 0 saturated heterocycles. The van der Waals surface area contributed by atoms with Gasteiger partial charge in [0.05, 0.1) is 11.1 Å². The minimum Gasteiger partial charge on any atom is -0.478 e. The summed E-state index contributed by atoms with van der Waals surface area (Å²) in [5, 5.41) is 21.0. The van der Waals surface area contributed by atoms with Crippen LogP contribution < -0.4 is 5.32 Å². The number of hydrogen-bond donors (Lipinski definition) is 3. The zero-order valence-corrected chi connectivity index (χ0v) is 12.6. The monoisotopic (exact) mass is 325 g/mol. The van der Waals surface area contributed by atoms with E-state index in [0.717, 1.165) is 6.07 Å². The van der Waals surface area contributed by atoms with E-state index in [1.807, 2.05) is 0 Å². The molecule has 5 nitrogen and oxygen atoms in total. The molecule has 114 valence electrons. The molecule has 0 amide bonds. The van der Waals surface area contributed by atoms with E-state index in [4.69, 9.17) is 28.9 Å². The van der Waals surface area contributed by atoms with Crippen molar-refractivity contribution in [2.24, 2.45) is 0 Å². The van der Waals surface area contributed by atoms with E-state index in [1.54, 1.807) is 24.3 Å². The number of carboxylic acid groups (broad SMARTS) is 2. The Labute approximate surface area is 137 Å². The van der Waals surface area contributed by atoms with Crippen molar-refractivity contribution in [2.45, 2.75) is 0 Å². The summed E-state index contributed by atoms with van der Waals surface area (Å²) >= 11 is 5.25. The summed E-state index contributed by atoms with van der Waals surface area (Å²) < 4.78 is 0. The number of thiocarbonyl (C=S) groups is 1. The second-order valence-electron chi connectivity index (χ2n) is 4.59. The van der Waals surface area contributed by atoms with Gasteiger partial charge in [0.25, 0.3) is 0 Å². The first-order valence-electron chi connectivity index (χ1n) is 6.40. The van der Waals surface area contributed by atoms with Crippen LogP contribution >= 0.6 is 12.2 Å². The zero-order chi connectivity index (χ0) is 17.0. The van der Waals surface area contributed by atoms with Crippen molar-refractivity contribution < 1.29 is 19.8 Å². The Bertz CT molecular complexity index is 820. The first-order valence-corrected chi connectivity index (χ1v) is 6.81. The lowest BCUT2D eigenvalue weighted by Gasteiger charge is -2.10. The fourth-order valence-corrected chi connectivity index (χ4v) is 2.15. The molecular weight excluding hydrogens is 314 g/mol. The van der Waals surface area contributed by atoms with Gasteiger partial charge >= 0.3 is 11.9 Å². The van der Waals surface area contributed by atoms with Crippen molar-refractivity contribution in [1.29, 1.82) is 0 Å². The van der Waals surface area contributed by atoms with Crippen LogP contribution in [0.15, 0.2) is 42.5 Å². The number of rotatable bonds is 4. The van der Waals surface area contributed by atoms with E-state index in [1.165, 1.54) is 12.1 Å². The zero-order valence-electron chi connectivity index (χ0n) is 11.7. The normalized spacial score (nSPS) is 9.70. The number of nitrogens with one attached hydrogen (secondary N) is 1. The maximum absolute atomic E-state index is 11.1. The molecule has 0 aliphatic carbocycles. The van der Waals surface area contributed by atoms with Crippen LogP contribution in [-0.2, 0) is 0 Å². The van der Waals surface area contributed by atoms with Gasteiger partial charge in [-0.3, -0.25) is 0 Å². The quantitative estimate of drug-likeness (QED) is 0.592. The lowest BCUT2D eigenvalue weighted by atomic mass is 10.1. The summed E-state index contributed by atoms with van der Waals surface area (Å²) in [6.45, 7) is 0. The van der Waals surface area contributed by atoms with Crippen molar-refractivity contribution in [3.63, 3.8) is 0 Å². The van der Waals surface area contributed by atoms with Gasteiger partial charge in [0.2, 0.25) is 0 Å². The highest BCUT2D eigenvalue weighted by atomic mass is 32.1. The summed E-state index contributed by atoms with van der Waals surface area (Å²) in [6, 6.07) is 10.6. The molecule has 6 heteroatoms. The van der Waals surface area contributed by atoms with Gasteiger partial charge in [-0.15, -0.1) is 6.42 Å². The molecule has 0 heterocycles. The predicted molar refractivity (Wildman–Crippen MR) is 90.1 cm³/mol. The average molecular weight is 325 g/mol. The first-order chi connectivity index (χ1) is 10.9. The number of hydrogen-bond acceptors (Lipinski definition) is 3. The molecule has 0 saturated carbocycles. The standard InChI is InChI=1S/C17H11NO4S/c1-2-10-4-3-5-11(6-10)15(23)18-14-8-12(16(19)20)7-13(9-14)17(21)22/h1,3-9H,(H,18,23)(H,19,20)(H,21,22). The Morgan fingerprint density at radius 2 is 1.61 bits per heavy atom. The van der Waals surface area contributed by atoms with Gasteiger partial charge in [0.15, 0.2) is 0 Å². The smallest absolute Gasteiger partial charge is 0.335 e. The van der Waals surface area contributed by atoms with Crippen LogP contribution in [0.3, 0.4) is 0 Å². The fourth-order valence-electron chi connectivity index (χ4n) is 1.90. The Kier molecular flexibility index (Phi) is 4.74. The van der Waals surface area contributed by atoms with Crippen LogP contribution in [-0.4, -0.2) is 27.1 Å². The van der Waals surface area contributed by atoms with Crippen molar-refractivity contribution >= 4 is 34.8 Å². The lowest BCUT2D eigenvalue weighted by molar-refractivity contribution is 0.0696. The molecule has 23 heavy (non-hydrogen) atoms. The maximum Gasteiger partial charge on any atom is 0.335 e. The van der Waals surface area contributed by atoms with E-state index in [0.29, 0.717) is 16.1 Å². The molecule has 2 rings (SSSR count). The second kappa shape index (κ2) is 6.73. The minimum atomic E-state index is -1.23. The molecular formula is C17H11NO4S. The van der Waals surface area contributed by atoms with Crippen molar-refractivity contribution in [1.82, 2.24) is 0 Å². The van der Waals surface area contributed by atoms with E-state index in [9.17, 15) is 9.59 Å². The van der Waals surface area contributed by atoms with Crippen LogP contribution in [0.25, 0.3) is 0 Å². The topological polar surface area (TPSA) is 86.6 Å². The highest BCUT2D eigenvalue weighted by molar-refractivity contribution is 7.81. The largest absolute Gasteiger partial charge is 0.478 e.